The van der Waals surface area contributed by atoms with Crippen molar-refractivity contribution in [2.24, 2.45) is 5.16 Å². The third kappa shape index (κ3) is 1.69. The first-order chi connectivity index (χ1) is 9.22. The van der Waals surface area contributed by atoms with Gasteiger partial charge >= 0.3 is 0 Å². The molecule has 0 saturated carbocycles. The Labute approximate surface area is 108 Å². The van der Waals surface area contributed by atoms with Crippen LogP contribution in [0.5, 0.6) is 0 Å². The van der Waals surface area contributed by atoms with Gasteiger partial charge in [-0.15, -0.1) is 0 Å². The molecule has 0 aliphatic rings. The second kappa shape index (κ2) is 4.24. The molecule has 0 radical (unpaired) electrons. The monoisotopic (exact) mass is 256 g/mol. The Balaban J connectivity index is 2.46. The highest BCUT2D eigenvalue weighted by atomic mass is 16.6. The maximum atomic E-state index is 12.0. The third-order valence-corrected chi connectivity index (χ3v) is 3.02. The molecule has 0 unspecified atom stereocenters. The van der Waals surface area contributed by atoms with E-state index in [1.165, 1.54) is 13.3 Å². The van der Waals surface area contributed by atoms with Gasteiger partial charge in [-0.25, -0.2) is 4.98 Å². The van der Waals surface area contributed by atoms with Gasteiger partial charge in [-0.3, -0.25) is 9.20 Å². The maximum Gasteiger partial charge on any atom is 0.292 e. The van der Waals surface area contributed by atoms with Crippen LogP contribution in [-0.2, 0) is 4.84 Å². The van der Waals surface area contributed by atoms with Gasteiger partial charge in [-0.2, -0.15) is 0 Å². The second-order valence-corrected chi connectivity index (χ2v) is 4.13. The first kappa shape index (κ1) is 11.5. The first-order valence-corrected chi connectivity index (χ1v) is 5.79. The van der Waals surface area contributed by atoms with Crippen LogP contribution in [-0.4, -0.2) is 27.7 Å². The SMILES string of the molecule is CON=Cc1nc2c(=O)[nH]c3ccccc3n2c1C. The summed E-state index contributed by atoms with van der Waals surface area (Å²) in [5.74, 6) is 0. The molecule has 0 aliphatic carbocycles. The van der Waals surface area contributed by atoms with Crippen LogP contribution in [0.3, 0.4) is 0 Å². The van der Waals surface area contributed by atoms with Crippen molar-refractivity contribution in [2.75, 3.05) is 7.11 Å². The molecule has 0 bridgehead atoms. The van der Waals surface area contributed by atoms with E-state index in [2.05, 4.69) is 20.0 Å². The molecule has 0 aliphatic heterocycles. The summed E-state index contributed by atoms with van der Waals surface area (Å²) in [5.41, 5.74) is 3.27. The highest BCUT2D eigenvalue weighted by Crippen LogP contribution is 2.15. The summed E-state index contributed by atoms with van der Waals surface area (Å²) >= 11 is 0. The third-order valence-electron chi connectivity index (χ3n) is 3.02. The van der Waals surface area contributed by atoms with Crippen LogP contribution >= 0.6 is 0 Å². The average molecular weight is 256 g/mol. The number of benzene rings is 1. The Bertz CT molecular complexity index is 845. The van der Waals surface area contributed by atoms with E-state index >= 15 is 0 Å². The van der Waals surface area contributed by atoms with Gasteiger partial charge in [0.15, 0.2) is 0 Å². The zero-order valence-corrected chi connectivity index (χ0v) is 10.5. The summed E-state index contributed by atoms with van der Waals surface area (Å²) in [6.45, 7) is 1.89. The number of nitrogens with zero attached hydrogens (tertiary/aromatic N) is 3. The number of fused-ring (bicyclic) bond motifs is 3. The summed E-state index contributed by atoms with van der Waals surface area (Å²) in [7, 11) is 1.46. The molecule has 2 heterocycles. The van der Waals surface area contributed by atoms with Crippen LogP contribution in [0.1, 0.15) is 11.4 Å². The minimum Gasteiger partial charge on any atom is -0.399 e. The molecule has 6 heteroatoms. The Morgan fingerprint density at radius 2 is 2.21 bits per heavy atom. The molecule has 1 aromatic carbocycles. The number of aromatic nitrogens is 3. The van der Waals surface area contributed by atoms with Crippen LogP contribution in [0.25, 0.3) is 16.7 Å². The van der Waals surface area contributed by atoms with Gasteiger partial charge in [0.05, 0.1) is 17.2 Å². The summed E-state index contributed by atoms with van der Waals surface area (Å²) in [6, 6.07) is 7.59. The quantitative estimate of drug-likeness (QED) is 0.557. The van der Waals surface area contributed by atoms with Crippen molar-refractivity contribution >= 4 is 22.9 Å². The van der Waals surface area contributed by atoms with E-state index < -0.39 is 0 Å². The highest BCUT2D eigenvalue weighted by molar-refractivity contribution is 5.83. The molecule has 0 saturated heterocycles. The number of hydrogen-bond acceptors (Lipinski definition) is 4. The predicted molar refractivity (Wildman–Crippen MR) is 72.7 cm³/mol. The van der Waals surface area contributed by atoms with Gasteiger partial charge in [-0.05, 0) is 19.1 Å². The maximum absolute atomic E-state index is 12.0. The topological polar surface area (TPSA) is 71.8 Å². The first-order valence-electron chi connectivity index (χ1n) is 5.79. The number of rotatable bonds is 2. The molecule has 96 valence electrons. The number of hydrogen-bond donors (Lipinski definition) is 1. The molecule has 0 amide bonds. The molecular weight excluding hydrogens is 244 g/mol. The Morgan fingerprint density at radius 1 is 1.42 bits per heavy atom. The van der Waals surface area contributed by atoms with Crippen LogP contribution in [0.2, 0.25) is 0 Å². The van der Waals surface area contributed by atoms with E-state index in [1.54, 1.807) is 0 Å². The molecule has 3 rings (SSSR count). The van der Waals surface area contributed by atoms with E-state index in [0.29, 0.717) is 11.3 Å². The zero-order chi connectivity index (χ0) is 13.4. The lowest BCUT2D eigenvalue weighted by atomic mass is 10.3. The fraction of sp³-hybridized carbons (Fsp3) is 0.154. The van der Waals surface area contributed by atoms with E-state index in [-0.39, 0.29) is 5.56 Å². The fourth-order valence-corrected chi connectivity index (χ4v) is 2.14. The Morgan fingerprint density at radius 3 is 3.00 bits per heavy atom. The molecule has 0 spiro atoms. The predicted octanol–water partition coefficient (Wildman–Crippen LogP) is 1.46. The van der Waals surface area contributed by atoms with Gasteiger partial charge in [-0.1, -0.05) is 17.3 Å². The van der Waals surface area contributed by atoms with Crippen molar-refractivity contribution in [3.05, 3.63) is 46.0 Å². The zero-order valence-electron chi connectivity index (χ0n) is 10.5. The van der Waals surface area contributed by atoms with Crippen molar-refractivity contribution in [2.45, 2.75) is 6.92 Å². The van der Waals surface area contributed by atoms with Gasteiger partial charge in [0.2, 0.25) is 5.65 Å². The van der Waals surface area contributed by atoms with E-state index in [4.69, 9.17) is 0 Å². The summed E-state index contributed by atoms with van der Waals surface area (Å²) in [4.78, 5) is 23.8. The molecule has 2 aromatic heterocycles. The number of aryl methyl sites for hydroxylation is 1. The highest BCUT2D eigenvalue weighted by Gasteiger charge is 2.12. The van der Waals surface area contributed by atoms with E-state index in [1.807, 2.05) is 35.6 Å². The van der Waals surface area contributed by atoms with Gasteiger partial charge in [0, 0.05) is 5.69 Å². The van der Waals surface area contributed by atoms with Crippen LogP contribution in [0.15, 0.2) is 34.2 Å². The van der Waals surface area contributed by atoms with Gasteiger partial charge < -0.3 is 9.82 Å². The normalized spacial score (nSPS) is 11.7. The van der Waals surface area contributed by atoms with Gasteiger partial charge in [0.1, 0.15) is 12.8 Å². The summed E-state index contributed by atoms with van der Waals surface area (Å²) < 4.78 is 1.82. The molecule has 3 aromatic rings. The Hall–Kier alpha value is -2.63. The van der Waals surface area contributed by atoms with Crippen molar-refractivity contribution in [3.63, 3.8) is 0 Å². The number of oxime groups is 1. The van der Waals surface area contributed by atoms with Crippen LogP contribution in [0, 0.1) is 6.92 Å². The van der Waals surface area contributed by atoms with Crippen LogP contribution < -0.4 is 5.56 Å². The van der Waals surface area contributed by atoms with Crippen molar-refractivity contribution in [3.8, 4) is 0 Å². The molecule has 19 heavy (non-hydrogen) atoms. The minimum atomic E-state index is -0.223. The number of nitrogens with one attached hydrogen (secondary N) is 1. The van der Waals surface area contributed by atoms with Crippen molar-refractivity contribution in [1.82, 2.24) is 14.4 Å². The smallest absolute Gasteiger partial charge is 0.292 e. The lowest BCUT2D eigenvalue weighted by molar-refractivity contribution is 0.215. The van der Waals surface area contributed by atoms with Gasteiger partial charge in [0.25, 0.3) is 5.56 Å². The number of H-pyrrole nitrogens is 1. The van der Waals surface area contributed by atoms with E-state index in [0.717, 1.165) is 16.7 Å². The molecule has 1 N–H and O–H groups in total. The molecule has 0 fully saturated rings. The van der Waals surface area contributed by atoms with Crippen molar-refractivity contribution in [1.29, 1.82) is 0 Å². The second-order valence-electron chi connectivity index (χ2n) is 4.13. The Kier molecular flexibility index (Phi) is 2.56. The lowest BCUT2D eigenvalue weighted by Gasteiger charge is -2.02. The molecule has 0 atom stereocenters. The average Bonchev–Trinajstić information content (AvgIpc) is 2.75. The van der Waals surface area contributed by atoms with E-state index in [9.17, 15) is 4.79 Å². The molecule has 6 nitrogen and oxygen atoms in total. The summed E-state index contributed by atoms with van der Waals surface area (Å²) in [5, 5.41) is 3.69. The standard InChI is InChI=1S/C13H12N4O2/c1-8-10(7-14-19-2)15-12-13(18)16-9-5-3-4-6-11(9)17(8)12/h3-7H,1-2H3,(H,16,18). The number of para-hydroxylation sites is 2. The largest absolute Gasteiger partial charge is 0.399 e. The van der Waals surface area contributed by atoms with Crippen LogP contribution in [0.4, 0.5) is 0 Å². The minimum absolute atomic E-state index is 0.223. The molecular formula is C13H12N4O2. The fourth-order valence-electron chi connectivity index (χ4n) is 2.14. The summed E-state index contributed by atoms with van der Waals surface area (Å²) in [6.07, 6.45) is 1.50. The van der Waals surface area contributed by atoms with Crippen molar-refractivity contribution < 1.29 is 4.84 Å². The lowest BCUT2D eigenvalue weighted by Crippen LogP contribution is -2.11. The number of imidazole rings is 1. The number of aromatic amines is 1.